The van der Waals surface area contributed by atoms with Crippen molar-refractivity contribution in [2.75, 3.05) is 7.11 Å². The number of aliphatic carboxylic acids is 1. The summed E-state index contributed by atoms with van der Waals surface area (Å²) in [5.41, 5.74) is -1.73. The minimum atomic E-state index is -1.73. The van der Waals surface area contributed by atoms with E-state index >= 15 is 0 Å². The van der Waals surface area contributed by atoms with E-state index in [-0.39, 0.29) is 12.8 Å². The van der Waals surface area contributed by atoms with Crippen LogP contribution >= 0.6 is 0 Å². The first kappa shape index (κ1) is 10.7. The summed E-state index contributed by atoms with van der Waals surface area (Å²) in [5, 5.41) is 8.91. The maximum absolute atomic E-state index is 12.9. The Morgan fingerprint density at radius 1 is 1.64 bits per heavy atom. The Morgan fingerprint density at radius 2 is 2.29 bits per heavy atom. The number of allylic oxidation sites excluding steroid dienone is 2. The molecule has 1 rings (SSSR count). The van der Waals surface area contributed by atoms with Crippen LogP contribution in [0.1, 0.15) is 19.3 Å². The number of hydrogen-bond acceptors (Lipinski definition) is 3. The molecular formula is C9H11FO4. The van der Waals surface area contributed by atoms with Crippen molar-refractivity contribution < 1.29 is 23.8 Å². The number of hydrogen-bond donors (Lipinski definition) is 1. The van der Waals surface area contributed by atoms with Crippen LogP contribution in [0.4, 0.5) is 4.39 Å². The number of carbonyl (C=O) groups is 2. The van der Waals surface area contributed by atoms with E-state index in [1.807, 2.05) is 0 Å². The maximum atomic E-state index is 12.9. The van der Waals surface area contributed by atoms with Gasteiger partial charge in [-0.15, -0.1) is 0 Å². The van der Waals surface area contributed by atoms with Crippen LogP contribution in [0.3, 0.4) is 0 Å². The fourth-order valence-electron chi connectivity index (χ4n) is 1.56. The first-order valence-corrected chi connectivity index (χ1v) is 4.19. The van der Waals surface area contributed by atoms with Gasteiger partial charge in [-0.1, -0.05) is 6.08 Å². The van der Waals surface area contributed by atoms with Gasteiger partial charge >= 0.3 is 11.9 Å². The summed E-state index contributed by atoms with van der Waals surface area (Å²) >= 11 is 0. The van der Waals surface area contributed by atoms with E-state index in [9.17, 15) is 14.0 Å². The summed E-state index contributed by atoms with van der Waals surface area (Å²) in [5.74, 6) is -2.77. The Labute approximate surface area is 80.4 Å². The third-order valence-electron chi connectivity index (χ3n) is 2.39. The molecule has 1 aliphatic rings. The Bertz CT molecular complexity index is 297. The van der Waals surface area contributed by atoms with Gasteiger partial charge in [-0.05, 0) is 12.8 Å². The topological polar surface area (TPSA) is 63.6 Å². The van der Waals surface area contributed by atoms with Gasteiger partial charge in [0.2, 0.25) is 0 Å². The van der Waals surface area contributed by atoms with E-state index in [1.54, 1.807) is 0 Å². The molecule has 0 aromatic carbocycles. The van der Waals surface area contributed by atoms with E-state index in [4.69, 9.17) is 5.11 Å². The van der Waals surface area contributed by atoms with Crippen LogP contribution < -0.4 is 0 Å². The van der Waals surface area contributed by atoms with E-state index in [2.05, 4.69) is 4.74 Å². The van der Waals surface area contributed by atoms with E-state index in [0.29, 0.717) is 0 Å². The van der Waals surface area contributed by atoms with Crippen LogP contribution in [0.2, 0.25) is 0 Å². The molecule has 78 valence electrons. The molecule has 0 aromatic rings. The number of carboxylic acids is 1. The highest BCUT2D eigenvalue weighted by Crippen LogP contribution is 2.38. The third kappa shape index (κ3) is 1.62. The number of rotatable bonds is 2. The van der Waals surface area contributed by atoms with Crippen molar-refractivity contribution in [2.45, 2.75) is 19.3 Å². The minimum Gasteiger partial charge on any atom is -0.480 e. The molecule has 0 radical (unpaired) electrons. The zero-order valence-electron chi connectivity index (χ0n) is 7.75. The molecular weight excluding hydrogens is 191 g/mol. The molecule has 0 spiro atoms. The standard InChI is InChI=1S/C9H11FO4/c1-14-8(13)9(7(11)12)4-2-3-6(10)5-9/h3H,2,4-5H2,1H3,(H,11,12). The van der Waals surface area contributed by atoms with Crippen molar-refractivity contribution in [3.8, 4) is 0 Å². The summed E-state index contributed by atoms with van der Waals surface area (Å²) in [6.07, 6.45) is 1.22. The fourth-order valence-corrected chi connectivity index (χ4v) is 1.56. The average molecular weight is 202 g/mol. The monoisotopic (exact) mass is 202 g/mol. The summed E-state index contributed by atoms with van der Waals surface area (Å²) < 4.78 is 17.3. The van der Waals surface area contributed by atoms with Crippen molar-refractivity contribution in [1.82, 2.24) is 0 Å². The molecule has 0 saturated heterocycles. The molecule has 0 saturated carbocycles. The predicted octanol–water partition coefficient (Wildman–Crippen LogP) is 1.27. The summed E-state index contributed by atoms with van der Waals surface area (Å²) in [4.78, 5) is 22.2. The lowest BCUT2D eigenvalue weighted by molar-refractivity contribution is -0.168. The second kappa shape index (κ2) is 3.77. The number of ether oxygens (including phenoxy) is 1. The highest BCUT2D eigenvalue weighted by atomic mass is 19.1. The molecule has 0 heterocycles. The fraction of sp³-hybridized carbons (Fsp3) is 0.556. The number of carboxylic acid groups (broad SMARTS) is 1. The van der Waals surface area contributed by atoms with Crippen LogP contribution in [0.25, 0.3) is 0 Å². The van der Waals surface area contributed by atoms with Gasteiger partial charge in [-0.25, -0.2) is 4.39 Å². The molecule has 14 heavy (non-hydrogen) atoms. The molecule has 4 nitrogen and oxygen atoms in total. The second-order valence-corrected chi connectivity index (χ2v) is 3.25. The zero-order valence-corrected chi connectivity index (χ0v) is 7.75. The molecule has 1 unspecified atom stereocenters. The molecule has 5 heteroatoms. The quantitative estimate of drug-likeness (QED) is 0.541. The predicted molar refractivity (Wildman–Crippen MR) is 45.1 cm³/mol. The van der Waals surface area contributed by atoms with E-state index < -0.39 is 29.6 Å². The minimum absolute atomic E-state index is 0.0857. The Hall–Kier alpha value is -1.39. The van der Waals surface area contributed by atoms with Crippen molar-refractivity contribution >= 4 is 11.9 Å². The highest BCUT2D eigenvalue weighted by molar-refractivity contribution is 5.99. The maximum Gasteiger partial charge on any atom is 0.323 e. The second-order valence-electron chi connectivity index (χ2n) is 3.25. The normalized spacial score (nSPS) is 26.6. The van der Waals surface area contributed by atoms with Gasteiger partial charge in [0.15, 0.2) is 5.41 Å². The van der Waals surface area contributed by atoms with Gasteiger partial charge < -0.3 is 9.84 Å². The summed E-state index contributed by atoms with van der Waals surface area (Å²) in [6, 6.07) is 0. The molecule has 0 bridgehead atoms. The molecule has 1 N–H and O–H groups in total. The molecule has 1 atom stereocenters. The van der Waals surface area contributed by atoms with Crippen LogP contribution in [0.15, 0.2) is 11.9 Å². The summed E-state index contributed by atoms with van der Waals surface area (Å²) in [6.45, 7) is 0. The molecule has 1 aliphatic carbocycles. The van der Waals surface area contributed by atoms with Gasteiger partial charge in [0, 0.05) is 6.42 Å². The van der Waals surface area contributed by atoms with Crippen molar-refractivity contribution in [3.63, 3.8) is 0 Å². The van der Waals surface area contributed by atoms with Crippen molar-refractivity contribution in [1.29, 1.82) is 0 Å². The number of methoxy groups -OCH3 is 1. The SMILES string of the molecule is COC(=O)C1(C(=O)O)CCC=C(F)C1. The summed E-state index contributed by atoms with van der Waals surface area (Å²) in [7, 11) is 1.10. The lowest BCUT2D eigenvalue weighted by atomic mass is 9.76. The zero-order chi connectivity index (χ0) is 10.8. The number of carbonyl (C=O) groups excluding carboxylic acids is 1. The van der Waals surface area contributed by atoms with Crippen LogP contribution in [0.5, 0.6) is 0 Å². The molecule has 0 amide bonds. The molecule has 0 aromatic heterocycles. The van der Waals surface area contributed by atoms with Gasteiger partial charge in [0.25, 0.3) is 0 Å². The smallest absolute Gasteiger partial charge is 0.323 e. The molecule has 0 aliphatic heterocycles. The van der Waals surface area contributed by atoms with Gasteiger partial charge in [0.05, 0.1) is 12.9 Å². The van der Waals surface area contributed by atoms with Crippen LogP contribution in [0, 0.1) is 5.41 Å². The Morgan fingerprint density at radius 3 is 2.71 bits per heavy atom. The lowest BCUT2D eigenvalue weighted by Crippen LogP contribution is -2.41. The number of halogens is 1. The Balaban J connectivity index is 3.00. The van der Waals surface area contributed by atoms with Gasteiger partial charge in [-0.3, -0.25) is 9.59 Å². The first-order valence-electron chi connectivity index (χ1n) is 4.19. The van der Waals surface area contributed by atoms with Gasteiger partial charge in [0.1, 0.15) is 0 Å². The average Bonchev–Trinajstić information content (AvgIpc) is 2.16. The van der Waals surface area contributed by atoms with E-state index in [1.165, 1.54) is 6.08 Å². The number of esters is 1. The molecule has 0 fully saturated rings. The van der Waals surface area contributed by atoms with Gasteiger partial charge in [-0.2, -0.15) is 0 Å². The largest absolute Gasteiger partial charge is 0.480 e. The highest BCUT2D eigenvalue weighted by Gasteiger charge is 2.49. The van der Waals surface area contributed by atoms with E-state index in [0.717, 1.165) is 7.11 Å². The third-order valence-corrected chi connectivity index (χ3v) is 2.39. The Kier molecular flexibility index (Phi) is 2.88. The van der Waals surface area contributed by atoms with Crippen molar-refractivity contribution in [3.05, 3.63) is 11.9 Å². The lowest BCUT2D eigenvalue weighted by Gasteiger charge is -2.27. The van der Waals surface area contributed by atoms with Crippen LogP contribution in [-0.2, 0) is 14.3 Å². The van der Waals surface area contributed by atoms with Crippen molar-refractivity contribution in [2.24, 2.45) is 5.41 Å². The first-order chi connectivity index (χ1) is 6.53. The van der Waals surface area contributed by atoms with Crippen LogP contribution in [-0.4, -0.2) is 24.2 Å².